The van der Waals surface area contributed by atoms with Crippen molar-refractivity contribution in [3.63, 3.8) is 0 Å². The second kappa shape index (κ2) is 5.20. The van der Waals surface area contributed by atoms with Crippen molar-refractivity contribution in [2.45, 2.75) is 25.8 Å². The molecular formula is C14H16FN3O2. The van der Waals surface area contributed by atoms with E-state index in [-0.39, 0.29) is 11.1 Å². The molecule has 1 fully saturated rings. The van der Waals surface area contributed by atoms with E-state index < -0.39 is 11.8 Å². The average molecular weight is 277 g/mol. The Balaban J connectivity index is 1.89. The highest BCUT2D eigenvalue weighted by Crippen LogP contribution is 2.20. The van der Waals surface area contributed by atoms with Crippen LogP contribution >= 0.6 is 0 Å². The summed E-state index contributed by atoms with van der Waals surface area (Å²) in [6, 6.07) is 2.43. The number of aromatic carboxylic acids is 1. The molecule has 0 spiro atoms. The number of likely N-dealkylation sites (tertiary alicyclic amines) is 1. The fraction of sp³-hybridized carbons (Fsp3) is 0.429. The lowest BCUT2D eigenvalue weighted by molar-refractivity contribution is 0.0696. The van der Waals surface area contributed by atoms with Gasteiger partial charge in [0.1, 0.15) is 11.3 Å². The van der Waals surface area contributed by atoms with E-state index in [4.69, 9.17) is 5.11 Å². The molecule has 1 saturated heterocycles. The average Bonchev–Trinajstić information content (AvgIpc) is 2.83. The van der Waals surface area contributed by atoms with Gasteiger partial charge in [0.15, 0.2) is 5.82 Å². The minimum Gasteiger partial charge on any atom is -0.478 e. The van der Waals surface area contributed by atoms with E-state index in [9.17, 15) is 9.18 Å². The molecule has 0 bridgehead atoms. The maximum Gasteiger partial charge on any atom is 0.335 e. The van der Waals surface area contributed by atoms with Crippen LogP contribution < -0.4 is 0 Å². The molecule has 20 heavy (non-hydrogen) atoms. The first kappa shape index (κ1) is 13.1. The number of halogens is 1. The van der Waals surface area contributed by atoms with Crippen LogP contribution in [0.1, 0.15) is 35.4 Å². The summed E-state index contributed by atoms with van der Waals surface area (Å²) in [6.07, 6.45) is 3.61. The van der Waals surface area contributed by atoms with Crippen molar-refractivity contribution in [3.05, 3.63) is 29.3 Å². The zero-order valence-electron chi connectivity index (χ0n) is 11.0. The number of aromatic amines is 1. The summed E-state index contributed by atoms with van der Waals surface area (Å²) in [5.41, 5.74) is 0.583. The van der Waals surface area contributed by atoms with Crippen LogP contribution in [0.4, 0.5) is 4.39 Å². The Morgan fingerprint density at radius 3 is 2.80 bits per heavy atom. The lowest BCUT2D eigenvalue weighted by Gasteiger charge is -2.25. The molecule has 3 rings (SSSR count). The highest BCUT2D eigenvalue weighted by molar-refractivity contribution is 5.92. The molecule has 106 valence electrons. The Hall–Kier alpha value is -1.95. The number of hydrogen-bond donors (Lipinski definition) is 2. The van der Waals surface area contributed by atoms with Gasteiger partial charge in [0, 0.05) is 0 Å². The number of carboxylic acid groups (broad SMARTS) is 1. The minimum absolute atomic E-state index is 0.0665. The quantitative estimate of drug-likeness (QED) is 0.903. The first-order valence-corrected chi connectivity index (χ1v) is 6.77. The smallest absolute Gasteiger partial charge is 0.335 e. The third-order valence-electron chi connectivity index (χ3n) is 3.66. The normalized spacial score (nSPS) is 16.6. The van der Waals surface area contributed by atoms with Crippen LogP contribution in [0.25, 0.3) is 11.0 Å². The molecule has 0 atom stereocenters. The minimum atomic E-state index is -1.14. The van der Waals surface area contributed by atoms with Crippen LogP contribution in [0.2, 0.25) is 0 Å². The highest BCUT2D eigenvalue weighted by Gasteiger charge is 2.16. The van der Waals surface area contributed by atoms with Gasteiger partial charge in [-0.25, -0.2) is 14.2 Å². The van der Waals surface area contributed by atoms with Gasteiger partial charge in [-0.1, -0.05) is 6.42 Å². The van der Waals surface area contributed by atoms with Gasteiger partial charge in [-0.15, -0.1) is 0 Å². The van der Waals surface area contributed by atoms with Crippen molar-refractivity contribution in [1.82, 2.24) is 14.9 Å². The second-order valence-electron chi connectivity index (χ2n) is 5.18. The number of H-pyrrole nitrogens is 1. The van der Waals surface area contributed by atoms with Gasteiger partial charge in [-0.3, -0.25) is 4.90 Å². The molecule has 6 heteroatoms. The van der Waals surface area contributed by atoms with Crippen LogP contribution in [0.15, 0.2) is 12.1 Å². The molecule has 1 aliphatic heterocycles. The van der Waals surface area contributed by atoms with E-state index in [0.717, 1.165) is 19.2 Å². The van der Waals surface area contributed by atoms with Crippen molar-refractivity contribution in [2.24, 2.45) is 0 Å². The Kier molecular flexibility index (Phi) is 3.40. The van der Waals surface area contributed by atoms with E-state index in [0.29, 0.717) is 17.9 Å². The molecule has 0 aliphatic carbocycles. The van der Waals surface area contributed by atoms with Crippen LogP contribution in [-0.4, -0.2) is 39.0 Å². The number of nitrogens with one attached hydrogen (secondary N) is 1. The molecule has 2 heterocycles. The summed E-state index contributed by atoms with van der Waals surface area (Å²) < 4.78 is 13.8. The van der Waals surface area contributed by atoms with Crippen LogP contribution in [0, 0.1) is 5.82 Å². The summed E-state index contributed by atoms with van der Waals surface area (Å²) >= 11 is 0. The largest absolute Gasteiger partial charge is 0.478 e. The Morgan fingerprint density at radius 2 is 2.10 bits per heavy atom. The molecule has 0 unspecified atom stereocenters. The molecule has 2 aromatic rings. The van der Waals surface area contributed by atoms with E-state index in [1.54, 1.807) is 0 Å². The topological polar surface area (TPSA) is 69.2 Å². The number of rotatable bonds is 3. The summed E-state index contributed by atoms with van der Waals surface area (Å²) in [4.78, 5) is 20.5. The number of carboxylic acids is 1. The van der Waals surface area contributed by atoms with Crippen LogP contribution in [0.5, 0.6) is 0 Å². The van der Waals surface area contributed by atoms with E-state index in [1.165, 1.54) is 25.3 Å². The standard InChI is InChI=1S/C14H16FN3O2/c15-10-6-9(14(19)20)7-11-13(10)17-12(16-11)8-18-4-2-1-3-5-18/h6-7H,1-5,8H2,(H,16,17)(H,19,20). The van der Waals surface area contributed by atoms with Gasteiger partial charge in [-0.05, 0) is 38.1 Å². The molecule has 5 nitrogen and oxygen atoms in total. The SMILES string of the molecule is O=C(O)c1cc(F)c2nc(CN3CCCCC3)[nH]c2c1. The van der Waals surface area contributed by atoms with Crippen molar-refractivity contribution < 1.29 is 14.3 Å². The summed E-state index contributed by atoms with van der Waals surface area (Å²) in [5, 5.41) is 8.93. The first-order chi connectivity index (χ1) is 9.63. The maximum absolute atomic E-state index is 13.8. The zero-order chi connectivity index (χ0) is 14.1. The van der Waals surface area contributed by atoms with Crippen LogP contribution in [0.3, 0.4) is 0 Å². The lowest BCUT2D eigenvalue weighted by atomic mass is 10.1. The number of aromatic nitrogens is 2. The summed E-state index contributed by atoms with van der Waals surface area (Å²) in [5.74, 6) is -1.05. The van der Waals surface area contributed by atoms with Crippen molar-refractivity contribution in [3.8, 4) is 0 Å². The first-order valence-electron chi connectivity index (χ1n) is 6.77. The number of imidazole rings is 1. The zero-order valence-corrected chi connectivity index (χ0v) is 11.0. The van der Waals surface area contributed by atoms with Gasteiger partial charge < -0.3 is 10.1 Å². The number of hydrogen-bond acceptors (Lipinski definition) is 3. The molecule has 1 aliphatic rings. The number of nitrogens with zero attached hydrogens (tertiary/aromatic N) is 2. The third-order valence-corrected chi connectivity index (χ3v) is 3.66. The molecule has 1 aromatic heterocycles. The number of carbonyl (C=O) groups is 1. The lowest BCUT2D eigenvalue weighted by Crippen LogP contribution is -2.29. The monoisotopic (exact) mass is 277 g/mol. The fourth-order valence-corrected chi connectivity index (χ4v) is 2.65. The molecule has 2 N–H and O–H groups in total. The molecule has 1 aromatic carbocycles. The van der Waals surface area contributed by atoms with E-state index in [2.05, 4.69) is 14.9 Å². The molecule has 0 amide bonds. The second-order valence-corrected chi connectivity index (χ2v) is 5.18. The molecule has 0 radical (unpaired) electrons. The van der Waals surface area contributed by atoms with Crippen molar-refractivity contribution >= 4 is 17.0 Å². The predicted octanol–water partition coefficient (Wildman–Crippen LogP) is 2.39. The molecular weight excluding hydrogens is 261 g/mol. The summed E-state index contributed by atoms with van der Waals surface area (Å²) in [7, 11) is 0. The van der Waals surface area contributed by atoms with E-state index >= 15 is 0 Å². The Labute approximate surface area is 115 Å². The third kappa shape index (κ3) is 2.51. The fourth-order valence-electron chi connectivity index (χ4n) is 2.65. The van der Waals surface area contributed by atoms with Crippen LogP contribution in [-0.2, 0) is 6.54 Å². The van der Waals surface area contributed by atoms with Gasteiger partial charge in [0.25, 0.3) is 0 Å². The number of fused-ring (bicyclic) bond motifs is 1. The van der Waals surface area contributed by atoms with Gasteiger partial charge in [0.2, 0.25) is 0 Å². The van der Waals surface area contributed by atoms with Gasteiger partial charge in [0.05, 0.1) is 17.6 Å². The number of benzene rings is 1. The van der Waals surface area contributed by atoms with E-state index in [1.807, 2.05) is 0 Å². The molecule has 0 saturated carbocycles. The van der Waals surface area contributed by atoms with Crippen molar-refractivity contribution in [1.29, 1.82) is 0 Å². The highest BCUT2D eigenvalue weighted by atomic mass is 19.1. The Bertz CT molecular complexity index is 647. The maximum atomic E-state index is 13.8. The van der Waals surface area contributed by atoms with Gasteiger partial charge >= 0.3 is 5.97 Å². The predicted molar refractivity (Wildman–Crippen MR) is 72.1 cm³/mol. The Morgan fingerprint density at radius 1 is 1.35 bits per heavy atom. The number of piperidine rings is 1. The van der Waals surface area contributed by atoms with Crippen molar-refractivity contribution in [2.75, 3.05) is 13.1 Å². The summed E-state index contributed by atoms with van der Waals surface area (Å²) in [6.45, 7) is 2.70. The van der Waals surface area contributed by atoms with Gasteiger partial charge in [-0.2, -0.15) is 0 Å².